The number of nitrogens with zero attached hydrogens (tertiary/aromatic N) is 2. The van der Waals surface area contributed by atoms with Crippen LogP contribution in [0.4, 0.5) is 0 Å². The lowest BCUT2D eigenvalue weighted by molar-refractivity contribution is -0.139. The van der Waals surface area contributed by atoms with Gasteiger partial charge in [-0.2, -0.15) is 0 Å². The molecule has 2 aromatic heterocycles. The molecule has 27 heavy (non-hydrogen) atoms. The minimum absolute atomic E-state index is 0.0279. The number of nitrogens with one attached hydrogen (secondary N) is 1. The zero-order valence-corrected chi connectivity index (χ0v) is 16.1. The lowest BCUT2D eigenvalue weighted by Gasteiger charge is -2.35. The van der Waals surface area contributed by atoms with Gasteiger partial charge in [-0.25, -0.2) is 0 Å². The number of fused-ring (bicyclic) bond motifs is 1. The molecule has 1 aliphatic heterocycles. The van der Waals surface area contributed by atoms with Gasteiger partial charge in [-0.15, -0.1) is 11.3 Å². The molecule has 1 N–H and O–H groups in total. The van der Waals surface area contributed by atoms with Crippen LogP contribution in [0.3, 0.4) is 0 Å². The molecule has 1 fully saturated rings. The summed E-state index contributed by atoms with van der Waals surface area (Å²) < 4.78 is 12.1. The number of morpholine rings is 1. The van der Waals surface area contributed by atoms with Gasteiger partial charge < -0.3 is 19.5 Å². The number of hydrogen-bond acceptors (Lipinski definition) is 6. The quantitative estimate of drug-likeness (QED) is 0.707. The summed E-state index contributed by atoms with van der Waals surface area (Å²) >= 11 is 1.76. The second kappa shape index (κ2) is 8.21. The van der Waals surface area contributed by atoms with E-state index < -0.39 is 0 Å². The van der Waals surface area contributed by atoms with Gasteiger partial charge in [-0.3, -0.25) is 4.79 Å². The fourth-order valence-corrected chi connectivity index (χ4v) is 4.41. The van der Waals surface area contributed by atoms with Gasteiger partial charge in [0.05, 0.1) is 31.4 Å². The molecule has 1 saturated heterocycles. The van der Waals surface area contributed by atoms with Gasteiger partial charge >= 0.3 is 0 Å². The Morgan fingerprint density at radius 1 is 1.41 bits per heavy atom. The predicted octanol–water partition coefficient (Wildman–Crippen LogP) is 2.76. The Balaban J connectivity index is 1.35. The molecule has 3 aromatic rings. The Morgan fingerprint density at radius 3 is 3.15 bits per heavy atom. The summed E-state index contributed by atoms with van der Waals surface area (Å²) in [6, 6.07) is 10.3. The van der Waals surface area contributed by atoms with Crippen LogP contribution < -0.4 is 5.32 Å². The Bertz CT molecular complexity index is 920. The highest BCUT2D eigenvalue weighted by Crippen LogP contribution is 2.25. The van der Waals surface area contributed by atoms with Crippen LogP contribution in [-0.4, -0.2) is 48.3 Å². The third-order valence-electron chi connectivity index (χ3n) is 4.81. The standard InChI is InChI=1S/C20H23N3O3S/c1-14-8-17(26-22-14)9-20(24)23-6-7-25-12-16(23)11-21-10-15-13-27-19-5-3-2-4-18(15)19/h2-5,8,13,16,21H,6-7,9-12H2,1H3. The average Bonchev–Trinajstić information content (AvgIpc) is 3.28. The number of carbonyl (C=O) groups is 1. The third-order valence-corrected chi connectivity index (χ3v) is 5.82. The Kier molecular flexibility index (Phi) is 5.52. The monoisotopic (exact) mass is 385 g/mol. The van der Waals surface area contributed by atoms with Crippen molar-refractivity contribution < 1.29 is 14.1 Å². The zero-order chi connectivity index (χ0) is 18.6. The average molecular weight is 385 g/mol. The maximum atomic E-state index is 12.7. The Morgan fingerprint density at radius 2 is 2.30 bits per heavy atom. The predicted molar refractivity (Wildman–Crippen MR) is 105 cm³/mol. The third kappa shape index (κ3) is 4.21. The van der Waals surface area contributed by atoms with E-state index in [1.165, 1.54) is 15.6 Å². The molecule has 0 radical (unpaired) electrons. The van der Waals surface area contributed by atoms with Crippen molar-refractivity contribution in [3.63, 3.8) is 0 Å². The van der Waals surface area contributed by atoms with Crippen molar-refractivity contribution in [3.8, 4) is 0 Å². The van der Waals surface area contributed by atoms with Crippen molar-refractivity contribution >= 4 is 27.3 Å². The van der Waals surface area contributed by atoms with Crippen LogP contribution in [0.25, 0.3) is 10.1 Å². The summed E-state index contributed by atoms with van der Waals surface area (Å²) in [4.78, 5) is 14.6. The van der Waals surface area contributed by atoms with E-state index in [2.05, 4.69) is 40.1 Å². The first-order valence-corrected chi connectivity index (χ1v) is 10.0. The molecule has 1 aliphatic rings. The van der Waals surface area contributed by atoms with E-state index in [-0.39, 0.29) is 18.4 Å². The van der Waals surface area contributed by atoms with Gasteiger partial charge in [0.25, 0.3) is 0 Å². The van der Waals surface area contributed by atoms with Crippen LogP contribution in [0.5, 0.6) is 0 Å². The molecule has 1 aromatic carbocycles. The number of carbonyl (C=O) groups excluding carboxylic acids is 1. The highest BCUT2D eigenvalue weighted by atomic mass is 32.1. The van der Waals surface area contributed by atoms with Crippen LogP contribution in [0.15, 0.2) is 40.2 Å². The summed E-state index contributed by atoms with van der Waals surface area (Å²) in [6.45, 7) is 5.08. The molecule has 6 nitrogen and oxygen atoms in total. The van der Waals surface area contributed by atoms with Crippen molar-refractivity contribution in [2.75, 3.05) is 26.3 Å². The Hall–Kier alpha value is -2.22. The zero-order valence-electron chi connectivity index (χ0n) is 15.3. The topological polar surface area (TPSA) is 67.6 Å². The lowest BCUT2D eigenvalue weighted by Crippen LogP contribution is -2.53. The second-order valence-corrected chi connectivity index (χ2v) is 7.73. The highest BCUT2D eigenvalue weighted by Gasteiger charge is 2.27. The molecule has 4 rings (SSSR count). The van der Waals surface area contributed by atoms with E-state index in [9.17, 15) is 4.79 Å². The summed E-state index contributed by atoms with van der Waals surface area (Å²) in [7, 11) is 0. The number of benzene rings is 1. The summed E-state index contributed by atoms with van der Waals surface area (Å²) in [5, 5.41) is 10.8. The number of ether oxygens (including phenoxy) is 1. The lowest BCUT2D eigenvalue weighted by atomic mass is 10.1. The molecule has 1 atom stereocenters. The van der Waals surface area contributed by atoms with Gasteiger partial charge in [-0.05, 0) is 29.3 Å². The Labute approximate surface area is 162 Å². The smallest absolute Gasteiger partial charge is 0.230 e. The van der Waals surface area contributed by atoms with E-state index in [0.29, 0.717) is 32.1 Å². The summed E-state index contributed by atoms with van der Waals surface area (Å²) in [5.41, 5.74) is 2.09. The van der Waals surface area contributed by atoms with Crippen LogP contribution in [0.2, 0.25) is 0 Å². The van der Waals surface area contributed by atoms with Crippen molar-refractivity contribution in [1.82, 2.24) is 15.4 Å². The van der Waals surface area contributed by atoms with E-state index in [0.717, 1.165) is 12.2 Å². The normalized spacial score (nSPS) is 17.5. The van der Waals surface area contributed by atoms with Crippen LogP contribution in [0, 0.1) is 6.92 Å². The number of amides is 1. The first kappa shape index (κ1) is 18.2. The first-order chi connectivity index (χ1) is 13.2. The molecule has 0 spiro atoms. The molecular formula is C20H23N3O3S. The number of hydrogen-bond donors (Lipinski definition) is 1. The van der Waals surface area contributed by atoms with Crippen LogP contribution in [-0.2, 0) is 22.5 Å². The number of thiophene rings is 1. The fraction of sp³-hybridized carbons (Fsp3) is 0.400. The van der Waals surface area contributed by atoms with E-state index >= 15 is 0 Å². The van der Waals surface area contributed by atoms with Crippen molar-refractivity contribution in [2.24, 2.45) is 0 Å². The first-order valence-electron chi connectivity index (χ1n) is 9.16. The van der Waals surface area contributed by atoms with Crippen LogP contribution >= 0.6 is 11.3 Å². The number of aryl methyl sites for hydroxylation is 1. The number of rotatable bonds is 6. The van der Waals surface area contributed by atoms with Gasteiger partial charge in [0.15, 0.2) is 0 Å². The summed E-state index contributed by atoms with van der Waals surface area (Å²) in [6.07, 6.45) is 0.243. The van der Waals surface area contributed by atoms with Gasteiger partial charge in [0.1, 0.15) is 5.76 Å². The SMILES string of the molecule is Cc1cc(CC(=O)N2CCOCC2CNCc2csc3ccccc23)on1. The highest BCUT2D eigenvalue weighted by molar-refractivity contribution is 7.17. The van der Waals surface area contributed by atoms with Crippen LogP contribution in [0.1, 0.15) is 17.0 Å². The molecule has 142 valence electrons. The van der Waals surface area contributed by atoms with E-state index in [4.69, 9.17) is 9.26 Å². The fourth-order valence-electron chi connectivity index (χ4n) is 3.45. The molecule has 7 heteroatoms. The van der Waals surface area contributed by atoms with Crippen molar-refractivity contribution in [2.45, 2.75) is 25.9 Å². The maximum absolute atomic E-state index is 12.7. The van der Waals surface area contributed by atoms with E-state index in [1.807, 2.05) is 17.9 Å². The second-order valence-electron chi connectivity index (χ2n) is 6.82. The minimum Gasteiger partial charge on any atom is -0.377 e. The van der Waals surface area contributed by atoms with Gasteiger partial charge in [-0.1, -0.05) is 23.4 Å². The molecule has 0 saturated carbocycles. The molecule has 1 amide bonds. The van der Waals surface area contributed by atoms with E-state index in [1.54, 1.807) is 11.3 Å². The maximum Gasteiger partial charge on any atom is 0.230 e. The molecule has 0 bridgehead atoms. The molecular weight excluding hydrogens is 362 g/mol. The molecule has 1 unspecified atom stereocenters. The summed E-state index contributed by atoms with van der Waals surface area (Å²) in [5.74, 6) is 0.669. The molecule has 3 heterocycles. The van der Waals surface area contributed by atoms with Gasteiger partial charge in [0, 0.05) is 30.4 Å². The van der Waals surface area contributed by atoms with Gasteiger partial charge in [0.2, 0.25) is 5.91 Å². The van der Waals surface area contributed by atoms with Crippen molar-refractivity contribution in [1.29, 1.82) is 0 Å². The van der Waals surface area contributed by atoms with Crippen molar-refractivity contribution in [3.05, 3.63) is 52.7 Å². The largest absolute Gasteiger partial charge is 0.377 e. The number of aromatic nitrogens is 1. The molecule has 0 aliphatic carbocycles. The minimum atomic E-state index is 0.0279.